The Morgan fingerprint density at radius 3 is 2.37 bits per heavy atom. The summed E-state index contributed by atoms with van der Waals surface area (Å²) < 4.78 is 51.5. The molecule has 8 heteroatoms. The molecule has 0 amide bonds. The Balaban J connectivity index is 1.83. The Hall–Kier alpha value is -3.08. The molecule has 0 aliphatic carbocycles. The molecular formula is C19H18F4N4. The predicted molar refractivity (Wildman–Crippen MR) is 94.5 cm³/mol. The fourth-order valence-electron chi connectivity index (χ4n) is 2.35. The molecule has 0 fully saturated rings. The lowest BCUT2D eigenvalue weighted by Crippen LogP contribution is -2.38. The summed E-state index contributed by atoms with van der Waals surface area (Å²) in [5, 5.41) is 14.7. The third kappa shape index (κ3) is 5.99. The first-order valence-corrected chi connectivity index (χ1v) is 8.12. The second-order valence-electron chi connectivity index (χ2n) is 5.72. The topological polar surface area (TPSA) is 60.2 Å². The molecule has 0 saturated carbocycles. The maximum absolute atomic E-state index is 13.8. The molecule has 0 unspecified atom stereocenters. The highest BCUT2D eigenvalue weighted by Gasteiger charge is 2.29. The number of nitrogens with zero attached hydrogens (tertiary/aromatic N) is 2. The van der Waals surface area contributed by atoms with E-state index in [9.17, 15) is 17.6 Å². The quantitative estimate of drug-likeness (QED) is 0.475. The van der Waals surface area contributed by atoms with Gasteiger partial charge in [0.25, 0.3) is 0 Å². The van der Waals surface area contributed by atoms with Gasteiger partial charge in [-0.15, -0.1) is 0 Å². The number of hydrogen-bond acceptors (Lipinski definition) is 2. The van der Waals surface area contributed by atoms with E-state index in [1.807, 2.05) is 6.07 Å². The zero-order valence-corrected chi connectivity index (χ0v) is 14.6. The summed E-state index contributed by atoms with van der Waals surface area (Å²) in [5.74, 6) is -0.0487. The molecule has 2 rings (SSSR count). The van der Waals surface area contributed by atoms with Crippen molar-refractivity contribution >= 4 is 5.96 Å². The van der Waals surface area contributed by atoms with E-state index >= 15 is 0 Å². The molecule has 2 aromatic carbocycles. The van der Waals surface area contributed by atoms with E-state index in [0.717, 1.165) is 23.8 Å². The molecule has 0 atom stereocenters. The van der Waals surface area contributed by atoms with Crippen molar-refractivity contribution in [1.29, 1.82) is 5.26 Å². The number of hydrogen-bond donors (Lipinski definition) is 2. The first kappa shape index (κ1) is 20.2. The fourth-order valence-corrected chi connectivity index (χ4v) is 2.35. The van der Waals surface area contributed by atoms with Crippen molar-refractivity contribution in [2.75, 3.05) is 13.6 Å². The zero-order chi connectivity index (χ0) is 19.9. The molecule has 0 aromatic heterocycles. The van der Waals surface area contributed by atoms with Crippen molar-refractivity contribution < 1.29 is 17.6 Å². The van der Waals surface area contributed by atoms with Crippen molar-refractivity contribution in [3.63, 3.8) is 0 Å². The summed E-state index contributed by atoms with van der Waals surface area (Å²) in [5.41, 5.74) is 0.709. The van der Waals surface area contributed by atoms with Crippen molar-refractivity contribution in [2.45, 2.75) is 19.1 Å². The minimum absolute atomic E-state index is 0.178. The summed E-state index contributed by atoms with van der Waals surface area (Å²) in [6.07, 6.45) is -3.84. The molecule has 4 nitrogen and oxygen atoms in total. The number of halogens is 4. The lowest BCUT2D eigenvalue weighted by Gasteiger charge is -2.13. The van der Waals surface area contributed by atoms with Crippen LogP contribution < -0.4 is 10.6 Å². The van der Waals surface area contributed by atoms with Gasteiger partial charge in [0.15, 0.2) is 5.96 Å². The second-order valence-corrected chi connectivity index (χ2v) is 5.72. The number of nitriles is 1. The van der Waals surface area contributed by atoms with Crippen LogP contribution >= 0.6 is 0 Å². The molecule has 2 N–H and O–H groups in total. The van der Waals surface area contributed by atoms with Crippen LogP contribution in [-0.4, -0.2) is 19.6 Å². The molecule has 0 radical (unpaired) electrons. The van der Waals surface area contributed by atoms with Gasteiger partial charge < -0.3 is 10.6 Å². The minimum atomic E-state index is -4.34. The average Bonchev–Trinajstić information content (AvgIpc) is 2.65. The van der Waals surface area contributed by atoms with Crippen molar-refractivity contribution in [3.8, 4) is 6.07 Å². The van der Waals surface area contributed by atoms with E-state index in [-0.39, 0.29) is 12.1 Å². The minimum Gasteiger partial charge on any atom is -0.356 e. The van der Waals surface area contributed by atoms with E-state index < -0.39 is 17.6 Å². The monoisotopic (exact) mass is 378 g/mol. The summed E-state index contributed by atoms with van der Waals surface area (Å²) >= 11 is 0. The maximum Gasteiger partial charge on any atom is 0.416 e. The van der Waals surface area contributed by atoms with E-state index in [1.54, 1.807) is 7.05 Å². The Morgan fingerprint density at radius 1 is 1.11 bits per heavy atom. The first-order valence-electron chi connectivity index (χ1n) is 8.12. The van der Waals surface area contributed by atoms with Crippen LogP contribution in [0.25, 0.3) is 0 Å². The largest absolute Gasteiger partial charge is 0.416 e. The van der Waals surface area contributed by atoms with Gasteiger partial charge in [-0.1, -0.05) is 18.2 Å². The van der Waals surface area contributed by atoms with Crippen LogP contribution in [0, 0.1) is 17.1 Å². The molecule has 27 heavy (non-hydrogen) atoms. The van der Waals surface area contributed by atoms with Gasteiger partial charge in [-0.25, -0.2) is 4.39 Å². The van der Waals surface area contributed by atoms with Crippen LogP contribution in [0.3, 0.4) is 0 Å². The average molecular weight is 378 g/mol. The third-order valence-corrected chi connectivity index (χ3v) is 3.84. The molecule has 0 heterocycles. The van der Waals surface area contributed by atoms with Gasteiger partial charge in [-0.05, 0) is 36.2 Å². The van der Waals surface area contributed by atoms with Crippen LogP contribution in [0.15, 0.2) is 47.5 Å². The first-order chi connectivity index (χ1) is 12.8. The second kappa shape index (κ2) is 9.03. The van der Waals surface area contributed by atoms with E-state index in [0.29, 0.717) is 24.5 Å². The van der Waals surface area contributed by atoms with Gasteiger partial charge in [0.05, 0.1) is 17.2 Å². The highest BCUT2D eigenvalue weighted by atomic mass is 19.4. The predicted octanol–water partition coefficient (Wildman–Crippen LogP) is 3.62. The van der Waals surface area contributed by atoms with Gasteiger partial charge in [0.1, 0.15) is 5.82 Å². The van der Waals surface area contributed by atoms with Gasteiger partial charge in [-0.2, -0.15) is 18.4 Å². The Kier molecular flexibility index (Phi) is 6.77. The molecule has 0 spiro atoms. The van der Waals surface area contributed by atoms with Gasteiger partial charge in [0, 0.05) is 25.7 Å². The van der Waals surface area contributed by atoms with Crippen LogP contribution in [0.4, 0.5) is 17.6 Å². The number of nitrogens with one attached hydrogen (secondary N) is 2. The molecule has 0 saturated heterocycles. The summed E-state index contributed by atoms with van der Waals surface area (Å²) in [4.78, 5) is 4.01. The Bertz CT molecular complexity index is 836. The SMILES string of the molecule is CN=C(NCCc1ccc(C(F)(F)F)cc1)NCc1ccc(C#N)cc1F. The zero-order valence-electron chi connectivity index (χ0n) is 14.6. The van der Waals surface area contributed by atoms with Crippen molar-refractivity contribution in [2.24, 2.45) is 4.99 Å². The van der Waals surface area contributed by atoms with E-state index in [2.05, 4.69) is 15.6 Å². The molecule has 142 valence electrons. The molecule has 2 aromatic rings. The summed E-state index contributed by atoms with van der Waals surface area (Å²) in [6.45, 7) is 0.623. The maximum atomic E-state index is 13.8. The molecule has 0 aliphatic rings. The van der Waals surface area contributed by atoms with Crippen LogP contribution in [0.1, 0.15) is 22.3 Å². The van der Waals surface area contributed by atoms with Gasteiger partial charge >= 0.3 is 6.18 Å². The third-order valence-electron chi connectivity index (χ3n) is 3.84. The number of alkyl halides is 3. The highest BCUT2D eigenvalue weighted by molar-refractivity contribution is 5.79. The van der Waals surface area contributed by atoms with E-state index in [1.165, 1.54) is 24.3 Å². The van der Waals surface area contributed by atoms with E-state index in [4.69, 9.17) is 5.26 Å². The number of benzene rings is 2. The lowest BCUT2D eigenvalue weighted by atomic mass is 10.1. The van der Waals surface area contributed by atoms with Gasteiger partial charge in [-0.3, -0.25) is 4.99 Å². The molecular weight excluding hydrogens is 360 g/mol. The van der Waals surface area contributed by atoms with Crippen molar-refractivity contribution in [1.82, 2.24) is 10.6 Å². The standard InChI is InChI=1S/C19H18F4N4/c1-25-18(27-12-15-5-2-14(11-24)10-17(15)20)26-9-8-13-3-6-16(7-4-13)19(21,22)23/h2-7,10H,8-9,12H2,1H3,(H2,25,26,27). The van der Waals surface area contributed by atoms with Crippen molar-refractivity contribution in [3.05, 3.63) is 70.5 Å². The molecule has 0 aliphatic heterocycles. The number of aliphatic imine (C=N–C) groups is 1. The van der Waals surface area contributed by atoms with Gasteiger partial charge in [0.2, 0.25) is 0 Å². The van der Waals surface area contributed by atoms with Crippen LogP contribution in [0.5, 0.6) is 0 Å². The van der Waals surface area contributed by atoms with Crippen LogP contribution in [0.2, 0.25) is 0 Å². The number of rotatable bonds is 5. The number of guanidine groups is 1. The Labute approximate surface area is 154 Å². The molecule has 0 bridgehead atoms. The lowest BCUT2D eigenvalue weighted by molar-refractivity contribution is -0.137. The smallest absolute Gasteiger partial charge is 0.356 e. The summed E-state index contributed by atoms with van der Waals surface area (Å²) in [7, 11) is 1.56. The fraction of sp³-hybridized carbons (Fsp3) is 0.263. The van der Waals surface area contributed by atoms with Crippen LogP contribution in [-0.2, 0) is 19.1 Å². The summed E-state index contributed by atoms with van der Waals surface area (Å²) in [6, 6.07) is 11.1. The Morgan fingerprint density at radius 2 is 1.81 bits per heavy atom. The normalized spacial score (nSPS) is 11.8. The highest BCUT2D eigenvalue weighted by Crippen LogP contribution is 2.29.